The van der Waals surface area contributed by atoms with Gasteiger partial charge in [0.25, 0.3) is 5.91 Å². The first kappa shape index (κ1) is 17.2. The molecule has 0 saturated heterocycles. The number of hydrogen-bond acceptors (Lipinski definition) is 5. The predicted octanol–water partition coefficient (Wildman–Crippen LogP) is 1.72. The fraction of sp³-hybridized carbons (Fsp3) is 0.118. The number of carbonyl (C=O) groups excluding carboxylic acids is 2. The molecule has 3 rings (SSSR count). The van der Waals surface area contributed by atoms with Crippen LogP contribution in [0.2, 0.25) is 0 Å². The Balaban J connectivity index is 1.61. The van der Waals surface area contributed by atoms with Crippen molar-refractivity contribution in [3.63, 3.8) is 0 Å². The van der Waals surface area contributed by atoms with Gasteiger partial charge in [0.2, 0.25) is 11.7 Å². The largest absolute Gasteiger partial charge is 0.332 e. The molecule has 2 aromatic carbocycles. The van der Waals surface area contributed by atoms with Gasteiger partial charge < -0.3 is 10.2 Å². The molecule has 0 unspecified atom stereocenters. The van der Waals surface area contributed by atoms with Gasteiger partial charge in [-0.05, 0) is 35.5 Å². The van der Waals surface area contributed by atoms with Crippen molar-refractivity contribution < 1.29 is 14.0 Å². The summed E-state index contributed by atoms with van der Waals surface area (Å²) >= 11 is 0. The van der Waals surface area contributed by atoms with Crippen LogP contribution in [0.25, 0.3) is 11.4 Å². The average molecular weight is 354 g/mol. The van der Waals surface area contributed by atoms with Gasteiger partial charge in [0.15, 0.2) is 0 Å². The van der Waals surface area contributed by atoms with E-state index in [4.69, 9.17) is 0 Å². The third-order valence-corrected chi connectivity index (χ3v) is 3.57. The molecule has 0 atom stereocenters. The third kappa shape index (κ3) is 4.07. The molecule has 8 nitrogen and oxygen atoms in total. The Morgan fingerprint density at radius 2 is 1.96 bits per heavy atom. The van der Waals surface area contributed by atoms with E-state index in [0.29, 0.717) is 22.6 Å². The second-order valence-electron chi connectivity index (χ2n) is 5.53. The molecule has 1 heterocycles. The zero-order valence-corrected chi connectivity index (χ0v) is 13.8. The minimum atomic E-state index is -0.450. The number of likely N-dealkylation sites (N-methyl/N-ethyl adjacent to an activating group) is 1. The second kappa shape index (κ2) is 7.51. The molecule has 0 spiro atoms. The minimum absolute atomic E-state index is 0.165. The molecule has 0 bridgehead atoms. The van der Waals surface area contributed by atoms with Crippen molar-refractivity contribution in [2.45, 2.75) is 0 Å². The summed E-state index contributed by atoms with van der Waals surface area (Å²) in [6.07, 6.45) is 0. The smallest absolute Gasteiger partial charge is 0.254 e. The Labute approximate surface area is 148 Å². The molecule has 0 aliphatic heterocycles. The van der Waals surface area contributed by atoms with Crippen molar-refractivity contribution in [1.29, 1.82) is 0 Å². The standard InChI is InChI=1S/C17H15FN6O2/c1-24(10-15(25)19-14-4-2-3-13(18)9-14)17(26)12-7-5-11(6-8-12)16-20-22-23-21-16/h2-9H,10H2,1H3,(H,19,25)(H,20,21,22,23). The van der Waals surface area contributed by atoms with Crippen LogP contribution in [0, 0.1) is 5.82 Å². The van der Waals surface area contributed by atoms with Crippen molar-refractivity contribution >= 4 is 17.5 Å². The van der Waals surface area contributed by atoms with Crippen molar-refractivity contribution in [3.8, 4) is 11.4 Å². The van der Waals surface area contributed by atoms with E-state index < -0.39 is 11.7 Å². The summed E-state index contributed by atoms with van der Waals surface area (Å²) in [5.74, 6) is -0.769. The lowest BCUT2D eigenvalue weighted by Crippen LogP contribution is -2.34. The first-order valence-corrected chi connectivity index (χ1v) is 7.67. The second-order valence-corrected chi connectivity index (χ2v) is 5.53. The van der Waals surface area contributed by atoms with Crippen LogP contribution in [0.3, 0.4) is 0 Å². The number of nitrogens with zero attached hydrogens (tertiary/aromatic N) is 4. The number of halogens is 1. The van der Waals surface area contributed by atoms with Gasteiger partial charge in [-0.15, -0.1) is 10.2 Å². The Hall–Kier alpha value is -3.62. The number of amides is 2. The van der Waals surface area contributed by atoms with E-state index in [1.165, 1.54) is 30.1 Å². The van der Waals surface area contributed by atoms with Gasteiger partial charge in [0.05, 0.1) is 6.54 Å². The molecular weight excluding hydrogens is 339 g/mol. The Kier molecular flexibility index (Phi) is 4.97. The summed E-state index contributed by atoms with van der Waals surface area (Å²) in [4.78, 5) is 25.7. The number of anilines is 1. The number of H-pyrrole nitrogens is 1. The van der Waals surface area contributed by atoms with Gasteiger partial charge in [-0.2, -0.15) is 5.21 Å². The van der Waals surface area contributed by atoms with Crippen molar-refractivity contribution in [3.05, 3.63) is 59.9 Å². The number of tetrazole rings is 1. The van der Waals surface area contributed by atoms with E-state index in [2.05, 4.69) is 25.9 Å². The normalized spacial score (nSPS) is 10.4. The number of hydrogen-bond donors (Lipinski definition) is 2. The monoisotopic (exact) mass is 354 g/mol. The van der Waals surface area contributed by atoms with E-state index in [0.717, 1.165) is 0 Å². The Morgan fingerprint density at radius 3 is 2.62 bits per heavy atom. The maximum atomic E-state index is 13.1. The molecule has 2 amide bonds. The van der Waals surface area contributed by atoms with Gasteiger partial charge in [0.1, 0.15) is 5.82 Å². The topological polar surface area (TPSA) is 104 Å². The van der Waals surface area contributed by atoms with Crippen LogP contribution in [-0.4, -0.2) is 50.9 Å². The third-order valence-electron chi connectivity index (χ3n) is 3.57. The number of rotatable bonds is 5. The fourth-order valence-electron chi connectivity index (χ4n) is 2.32. The Bertz CT molecular complexity index is 911. The first-order valence-electron chi connectivity index (χ1n) is 7.67. The predicted molar refractivity (Wildman–Crippen MR) is 91.6 cm³/mol. The average Bonchev–Trinajstić information content (AvgIpc) is 3.15. The molecule has 0 aliphatic rings. The molecule has 132 valence electrons. The van der Waals surface area contributed by atoms with Crippen LogP contribution in [0.5, 0.6) is 0 Å². The SMILES string of the molecule is CN(CC(=O)Nc1cccc(F)c1)C(=O)c1ccc(-c2nn[nH]n2)cc1. The van der Waals surface area contributed by atoms with Crippen LogP contribution in [-0.2, 0) is 4.79 Å². The van der Waals surface area contributed by atoms with Crippen LogP contribution >= 0.6 is 0 Å². The van der Waals surface area contributed by atoms with Gasteiger partial charge in [-0.3, -0.25) is 9.59 Å². The molecule has 0 aliphatic carbocycles. The van der Waals surface area contributed by atoms with E-state index in [-0.39, 0.29) is 12.5 Å². The van der Waals surface area contributed by atoms with Gasteiger partial charge in [0, 0.05) is 23.9 Å². The summed E-state index contributed by atoms with van der Waals surface area (Å²) in [5.41, 5.74) is 1.46. The summed E-state index contributed by atoms with van der Waals surface area (Å²) in [7, 11) is 1.51. The lowest BCUT2D eigenvalue weighted by Gasteiger charge is -2.17. The first-order chi connectivity index (χ1) is 12.5. The maximum Gasteiger partial charge on any atom is 0.254 e. The van der Waals surface area contributed by atoms with Gasteiger partial charge in [-0.1, -0.05) is 18.2 Å². The molecule has 2 N–H and O–H groups in total. The highest BCUT2D eigenvalue weighted by Crippen LogP contribution is 2.15. The number of aromatic nitrogens is 4. The lowest BCUT2D eigenvalue weighted by atomic mass is 10.1. The highest BCUT2D eigenvalue weighted by molar-refractivity contribution is 5.99. The lowest BCUT2D eigenvalue weighted by molar-refractivity contribution is -0.116. The Morgan fingerprint density at radius 1 is 1.19 bits per heavy atom. The zero-order valence-electron chi connectivity index (χ0n) is 13.8. The highest BCUT2D eigenvalue weighted by atomic mass is 19.1. The maximum absolute atomic E-state index is 13.1. The molecule has 0 radical (unpaired) electrons. The van der Waals surface area contributed by atoms with Crippen molar-refractivity contribution in [2.75, 3.05) is 18.9 Å². The fourth-order valence-corrected chi connectivity index (χ4v) is 2.32. The molecule has 9 heteroatoms. The molecule has 1 aromatic heterocycles. The zero-order chi connectivity index (χ0) is 18.5. The van der Waals surface area contributed by atoms with Gasteiger partial charge in [-0.25, -0.2) is 4.39 Å². The molecule has 0 saturated carbocycles. The van der Waals surface area contributed by atoms with Crippen molar-refractivity contribution in [2.24, 2.45) is 0 Å². The molecule has 0 fully saturated rings. The summed E-state index contributed by atoms with van der Waals surface area (Å²) in [5, 5.41) is 16.1. The van der Waals surface area contributed by atoms with E-state index in [1.54, 1.807) is 30.3 Å². The number of benzene rings is 2. The van der Waals surface area contributed by atoms with Crippen molar-refractivity contribution in [1.82, 2.24) is 25.5 Å². The molecular formula is C17H15FN6O2. The van der Waals surface area contributed by atoms with E-state index >= 15 is 0 Å². The summed E-state index contributed by atoms with van der Waals surface area (Å²) in [6, 6.07) is 12.2. The van der Waals surface area contributed by atoms with E-state index in [9.17, 15) is 14.0 Å². The minimum Gasteiger partial charge on any atom is -0.332 e. The molecule has 3 aromatic rings. The summed E-state index contributed by atoms with van der Waals surface area (Å²) in [6.45, 7) is -0.165. The van der Waals surface area contributed by atoms with Crippen LogP contribution in [0.1, 0.15) is 10.4 Å². The number of aromatic amines is 1. The highest BCUT2D eigenvalue weighted by Gasteiger charge is 2.15. The van der Waals surface area contributed by atoms with Crippen LogP contribution < -0.4 is 5.32 Å². The quantitative estimate of drug-likeness (QED) is 0.726. The van der Waals surface area contributed by atoms with Crippen LogP contribution in [0.4, 0.5) is 10.1 Å². The molecule has 26 heavy (non-hydrogen) atoms. The summed E-state index contributed by atoms with van der Waals surface area (Å²) < 4.78 is 13.1. The number of nitrogens with one attached hydrogen (secondary N) is 2. The van der Waals surface area contributed by atoms with E-state index in [1.807, 2.05) is 0 Å². The number of carbonyl (C=O) groups is 2. The van der Waals surface area contributed by atoms with Gasteiger partial charge >= 0.3 is 0 Å². The van der Waals surface area contributed by atoms with Crippen LogP contribution in [0.15, 0.2) is 48.5 Å².